The maximum Gasteiger partial charge on any atom is 0.256 e. The zero-order chi connectivity index (χ0) is 11.8. The van der Waals surface area contributed by atoms with Gasteiger partial charge >= 0.3 is 0 Å². The van der Waals surface area contributed by atoms with Crippen LogP contribution >= 0.6 is 12.2 Å². The Morgan fingerprint density at radius 3 is 2.38 bits per heavy atom. The lowest BCUT2D eigenvalue weighted by Crippen LogP contribution is -2.40. The Balaban J connectivity index is 2.36. The van der Waals surface area contributed by atoms with Gasteiger partial charge in [-0.1, -0.05) is 31.2 Å². The van der Waals surface area contributed by atoms with E-state index >= 15 is 0 Å². The summed E-state index contributed by atoms with van der Waals surface area (Å²) in [6.45, 7) is 3.94. The van der Waals surface area contributed by atoms with Crippen molar-refractivity contribution in [3.05, 3.63) is 35.4 Å². The van der Waals surface area contributed by atoms with Crippen LogP contribution in [0.5, 0.6) is 0 Å². The molecule has 84 valence electrons. The highest BCUT2D eigenvalue weighted by Crippen LogP contribution is 2.24. The number of hydrogen-bond donors (Lipinski definition) is 2. The van der Waals surface area contributed by atoms with Crippen LogP contribution in [-0.4, -0.2) is 11.0 Å². The normalized spacial score (nSPS) is 24.1. The lowest BCUT2D eigenvalue weighted by Gasteiger charge is -2.21. The molecule has 1 amide bonds. The first-order chi connectivity index (χ1) is 7.56. The van der Waals surface area contributed by atoms with Gasteiger partial charge in [0.2, 0.25) is 0 Å². The van der Waals surface area contributed by atoms with Crippen molar-refractivity contribution in [1.82, 2.24) is 10.6 Å². The van der Waals surface area contributed by atoms with Gasteiger partial charge in [0.05, 0.1) is 0 Å². The molecule has 0 radical (unpaired) electrons. The molecule has 1 aliphatic heterocycles. The van der Waals surface area contributed by atoms with Gasteiger partial charge < -0.3 is 10.6 Å². The van der Waals surface area contributed by atoms with Crippen LogP contribution in [0.1, 0.15) is 25.0 Å². The Bertz CT molecular complexity index is 441. The van der Waals surface area contributed by atoms with Gasteiger partial charge in [0.25, 0.3) is 5.91 Å². The number of thiocarbonyl (C=S) groups is 1. The fourth-order valence-electron chi connectivity index (χ4n) is 1.82. The summed E-state index contributed by atoms with van der Waals surface area (Å²) >= 11 is 4.95. The predicted molar refractivity (Wildman–Crippen MR) is 67.0 cm³/mol. The lowest BCUT2D eigenvalue weighted by atomic mass is 9.91. The Labute approximate surface area is 100 Å². The Hall–Kier alpha value is -1.42. The van der Waals surface area contributed by atoms with Gasteiger partial charge in [-0.3, -0.25) is 4.79 Å². The molecular formula is C12H14N2OS. The molecule has 1 aromatic carbocycles. The molecule has 16 heavy (non-hydrogen) atoms. The molecule has 4 heteroatoms. The zero-order valence-corrected chi connectivity index (χ0v) is 10.1. The summed E-state index contributed by atoms with van der Waals surface area (Å²) in [4.78, 5) is 11.8. The fourth-order valence-corrected chi connectivity index (χ4v) is 2.12. The molecule has 1 fully saturated rings. The van der Waals surface area contributed by atoms with E-state index in [0.717, 1.165) is 12.0 Å². The van der Waals surface area contributed by atoms with Gasteiger partial charge in [-0.25, -0.2) is 0 Å². The zero-order valence-electron chi connectivity index (χ0n) is 9.33. The first-order valence-electron chi connectivity index (χ1n) is 5.29. The van der Waals surface area contributed by atoms with Gasteiger partial charge in [-0.05, 0) is 36.7 Å². The molecule has 1 unspecified atom stereocenters. The van der Waals surface area contributed by atoms with Gasteiger partial charge in [0.15, 0.2) is 5.11 Å². The Morgan fingerprint density at radius 2 is 1.94 bits per heavy atom. The molecule has 0 spiro atoms. The number of nitrogens with one attached hydrogen (secondary N) is 2. The molecule has 1 aliphatic rings. The first kappa shape index (κ1) is 11.1. The van der Waals surface area contributed by atoms with Crippen LogP contribution in [0.25, 0.3) is 0 Å². The largest absolute Gasteiger partial charge is 0.345 e. The third-order valence-electron chi connectivity index (χ3n) is 2.98. The predicted octanol–water partition coefficient (Wildman–Crippen LogP) is 1.47. The number of amides is 1. The second-order valence-electron chi connectivity index (χ2n) is 4.08. The molecule has 1 heterocycles. The van der Waals surface area contributed by atoms with Crippen LogP contribution < -0.4 is 10.6 Å². The molecule has 0 aromatic heterocycles. The Morgan fingerprint density at radius 1 is 1.31 bits per heavy atom. The molecule has 3 nitrogen and oxygen atoms in total. The van der Waals surface area contributed by atoms with E-state index in [0.29, 0.717) is 5.11 Å². The molecule has 1 atom stereocenters. The number of carbonyl (C=O) groups is 1. The molecule has 1 aromatic rings. The van der Waals surface area contributed by atoms with Crippen LogP contribution in [0.3, 0.4) is 0 Å². The average molecular weight is 234 g/mol. The van der Waals surface area contributed by atoms with Gasteiger partial charge in [0, 0.05) is 0 Å². The van der Waals surface area contributed by atoms with Crippen molar-refractivity contribution < 1.29 is 4.79 Å². The summed E-state index contributed by atoms with van der Waals surface area (Å²) < 4.78 is 0. The minimum atomic E-state index is -0.733. The van der Waals surface area contributed by atoms with Gasteiger partial charge in [-0.15, -0.1) is 0 Å². The van der Waals surface area contributed by atoms with Crippen LogP contribution in [0, 0.1) is 0 Å². The quantitative estimate of drug-likeness (QED) is 0.761. The van der Waals surface area contributed by atoms with E-state index in [4.69, 9.17) is 12.2 Å². The average Bonchev–Trinajstić information content (AvgIpc) is 2.54. The molecule has 2 rings (SSSR count). The van der Waals surface area contributed by atoms with E-state index in [-0.39, 0.29) is 5.91 Å². The second kappa shape index (κ2) is 3.87. The van der Waals surface area contributed by atoms with E-state index in [9.17, 15) is 4.79 Å². The third-order valence-corrected chi connectivity index (χ3v) is 3.19. The molecule has 1 saturated heterocycles. The summed E-state index contributed by atoms with van der Waals surface area (Å²) in [6.07, 6.45) is 0.995. The summed E-state index contributed by atoms with van der Waals surface area (Å²) in [6, 6.07) is 8.02. The molecular weight excluding hydrogens is 220 g/mol. The van der Waals surface area contributed by atoms with E-state index in [1.54, 1.807) is 0 Å². The van der Waals surface area contributed by atoms with E-state index < -0.39 is 5.54 Å². The van der Waals surface area contributed by atoms with Gasteiger partial charge in [-0.2, -0.15) is 0 Å². The van der Waals surface area contributed by atoms with Crippen molar-refractivity contribution in [1.29, 1.82) is 0 Å². The van der Waals surface area contributed by atoms with Crippen molar-refractivity contribution in [2.45, 2.75) is 25.8 Å². The van der Waals surface area contributed by atoms with Crippen molar-refractivity contribution >= 4 is 23.2 Å². The maximum atomic E-state index is 11.8. The van der Waals surface area contributed by atoms with Crippen LogP contribution in [0.15, 0.2) is 24.3 Å². The summed E-state index contributed by atoms with van der Waals surface area (Å²) in [5.41, 5.74) is 1.46. The van der Waals surface area contributed by atoms with Crippen LogP contribution in [0.4, 0.5) is 0 Å². The third kappa shape index (κ3) is 1.69. The first-order valence-corrected chi connectivity index (χ1v) is 5.70. The highest BCUT2D eigenvalue weighted by Gasteiger charge is 2.41. The second-order valence-corrected chi connectivity index (χ2v) is 4.49. The smallest absolute Gasteiger partial charge is 0.256 e. The number of carbonyl (C=O) groups excluding carboxylic acids is 1. The summed E-state index contributed by atoms with van der Waals surface area (Å²) in [5, 5.41) is 6.02. The van der Waals surface area contributed by atoms with Crippen LogP contribution in [-0.2, 0) is 16.8 Å². The highest BCUT2D eigenvalue weighted by atomic mass is 32.1. The number of benzene rings is 1. The molecule has 2 N–H and O–H groups in total. The highest BCUT2D eigenvalue weighted by molar-refractivity contribution is 7.80. The lowest BCUT2D eigenvalue weighted by molar-refractivity contribution is -0.123. The topological polar surface area (TPSA) is 41.1 Å². The summed E-state index contributed by atoms with van der Waals surface area (Å²) in [5.74, 6) is -0.0956. The monoisotopic (exact) mass is 234 g/mol. The number of rotatable bonds is 2. The molecule has 0 saturated carbocycles. The van der Waals surface area contributed by atoms with Crippen molar-refractivity contribution in [2.75, 3.05) is 0 Å². The van der Waals surface area contributed by atoms with Gasteiger partial charge in [0.1, 0.15) is 5.54 Å². The molecule has 0 aliphatic carbocycles. The minimum absolute atomic E-state index is 0.0956. The Kier molecular flexibility index (Phi) is 2.68. The maximum absolute atomic E-state index is 11.8. The van der Waals surface area contributed by atoms with Crippen molar-refractivity contribution in [3.63, 3.8) is 0 Å². The SMILES string of the molecule is CCc1ccc(C2(C)NC(=S)NC2=O)cc1. The number of aryl methyl sites for hydroxylation is 1. The van der Waals surface area contributed by atoms with E-state index in [1.165, 1.54) is 5.56 Å². The summed E-state index contributed by atoms with van der Waals surface area (Å²) in [7, 11) is 0. The van der Waals surface area contributed by atoms with Crippen LogP contribution in [0.2, 0.25) is 0 Å². The molecule has 0 bridgehead atoms. The van der Waals surface area contributed by atoms with E-state index in [1.807, 2.05) is 31.2 Å². The van der Waals surface area contributed by atoms with Crippen molar-refractivity contribution in [2.24, 2.45) is 0 Å². The number of hydrogen-bond acceptors (Lipinski definition) is 2. The van der Waals surface area contributed by atoms with E-state index in [2.05, 4.69) is 17.6 Å². The minimum Gasteiger partial charge on any atom is -0.345 e. The fraction of sp³-hybridized carbons (Fsp3) is 0.333. The standard InChI is InChI=1S/C12H14N2OS/c1-3-8-4-6-9(7-5-8)12(2)10(15)13-11(16)14-12/h4-7H,3H2,1-2H3,(H2,13,14,15,16). The van der Waals surface area contributed by atoms with Crippen molar-refractivity contribution in [3.8, 4) is 0 Å².